The molecule has 3 aliphatic heterocycles. The highest BCUT2D eigenvalue weighted by atomic mass is 19.1. The first-order chi connectivity index (χ1) is 10.6. The Kier molecular flexibility index (Phi) is 5.00. The number of hydrazine groups is 1. The number of hydrogen-bond donors (Lipinski definition) is 3. The maximum absolute atomic E-state index is 14.3. The predicted molar refractivity (Wildman–Crippen MR) is 83.9 cm³/mol. The van der Waals surface area contributed by atoms with Gasteiger partial charge in [-0.25, -0.2) is 9.40 Å². The summed E-state index contributed by atoms with van der Waals surface area (Å²) in [5.74, 6) is -0.114. The molecule has 5 unspecified atom stereocenters. The normalized spacial score (nSPS) is 44.6. The van der Waals surface area contributed by atoms with Gasteiger partial charge >= 0.3 is 0 Å². The van der Waals surface area contributed by atoms with Crippen LogP contribution in [0, 0.1) is 11.8 Å². The van der Waals surface area contributed by atoms with E-state index in [1.807, 2.05) is 0 Å². The molecule has 0 aromatic heterocycles. The maximum Gasteiger partial charge on any atom is 0.226 e. The Hall–Kier alpha value is -0.720. The number of alkyl halides is 1. The zero-order chi connectivity index (χ0) is 15.7. The smallest absolute Gasteiger partial charge is 0.226 e. The summed E-state index contributed by atoms with van der Waals surface area (Å²) in [6, 6.07) is 0.875. The molecule has 0 aliphatic carbocycles. The Bertz CT molecular complexity index is 408. The Morgan fingerprint density at radius 1 is 1.27 bits per heavy atom. The first-order valence-corrected chi connectivity index (χ1v) is 8.70. The van der Waals surface area contributed by atoms with Crippen molar-refractivity contribution in [2.75, 3.05) is 20.1 Å². The van der Waals surface area contributed by atoms with Crippen molar-refractivity contribution in [1.82, 2.24) is 21.1 Å². The molecule has 0 aromatic carbocycles. The molecule has 3 N–H and O–H groups in total. The number of hydrogen-bond acceptors (Lipinski definition) is 4. The molecule has 1 amide bonds. The van der Waals surface area contributed by atoms with Crippen LogP contribution in [0.25, 0.3) is 0 Å². The number of halogens is 1. The Morgan fingerprint density at radius 3 is 2.91 bits per heavy atom. The van der Waals surface area contributed by atoms with Crippen LogP contribution in [-0.4, -0.2) is 55.4 Å². The number of fused-ring (bicyclic) bond motifs is 4. The SMILES string of the molecule is C[C@H]1C(=O)NC2CNN(C)C2C2CCNC(CCCC1F)C2. The summed E-state index contributed by atoms with van der Waals surface area (Å²) in [6.45, 7) is 3.48. The topological polar surface area (TPSA) is 56.4 Å². The van der Waals surface area contributed by atoms with E-state index in [-0.39, 0.29) is 11.9 Å². The molecule has 0 aromatic rings. The van der Waals surface area contributed by atoms with Crippen molar-refractivity contribution in [3.63, 3.8) is 0 Å². The van der Waals surface area contributed by atoms with Crippen molar-refractivity contribution in [1.29, 1.82) is 0 Å². The van der Waals surface area contributed by atoms with Crippen LogP contribution in [0.3, 0.4) is 0 Å². The number of nitrogens with zero attached hydrogens (tertiary/aromatic N) is 1. The molecule has 6 atom stereocenters. The third kappa shape index (κ3) is 3.29. The second kappa shape index (κ2) is 6.81. The second-order valence-electron chi connectivity index (χ2n) is 7.25. The van der Waals surface area contributed by atoms with Gasteiger partial charge in [-0.2, -0.15) is 0 Å². The fourth-order valence-electron chi connectivity index (χ4n) is 4.38. The van der Waals surface area contributed by atoms with E-state index in [1.165, 1.54) is 0 Å². The van der Waals surface area contributed by atoms with E-state index in [4.69, 9.17) is 0 Å². The number of piperidine rings is 1. The van der Waals surface area contributed by atoms with Crippen LogP contribution in [0.1, 0.15) is 39.0 Å². The molecule has 3 rings (SSSR count). The number of nitrogens with one attached hydrogen (secondary N) is 3. The second-order valence-corrected chi connectivity index (χ2v) is 7.25. The minimum atomic E-state index is -1.04. The van der Waals surface area contributed by atoms with E-state index in [0.29, 0.717) is 24.4 Å². The lowest BCUT2D eigenvalue weighted by Gasteiger charge is -2.39. The first-order valence-electron chi connectivity index (χ1n) is 8.70. The molecule has 5 nitrogen and oxygen atoms in total. The van der Waals surface area contributed by atoms with Gasteiger partial charge in [0.15, 0.2) is 0 Å². The van der Waals surface area contributed by atoms with Gasteiger partial charge in [-0.1, -0.05) is 6.92 Å². The van der Waals surface area contributed by atoms with Gasteiger partial charge in [0.25, 0.3) is 0 Å². The molecule has 126 valence electrons. The van der Waals surface area contributed by atoms with Gasteiger partial charge in [0, 0.05) is 25.7 Å². The van der Waals surface area contributed by atoms with Crippen molar-refractivity contribution in [2.45, 2.75) is 63.3 Å². The van der Waals surface area contributed by atoms with E-state index < -0.39 is 12.1 Å². The summed E-state index contributed by atoms with van der Waals surface area (Å²) in [7, 11) is 2.06. The fourth-order valence-corrected chi connectivity index (χ4v) is 4.38. The molecule has 3 fully saturated rings. The lowest BCUT2D eigenvalue weighted by Crippen LogP contribution is -2.54. The number of rotatable bonds is 0. The van der Waals surface area contributed by atoms with Crippen LogP contribution in [0.4, 0.5) is 4.39 Å². The largest absolute Gasteiger partial charge is 0.350 e. The molecular formula is C16H29FN4O. The highest BCUT2D eigenvalue weighted by Gasteiger charge is 2.41. The summed E-state index contributed by atoms with van der Waals surface area (Å²) in [4.78, 5) is 12.4. The molecule has 3 heterocycles. The third-order valence-corrected chi connectivity index (χ3v) is 5.75. The van der Waals surface area contributed by atoms with Crippen LogP contribution in [0.5, 0.6) is 0 Å². The zero-order valence-corrected chi connectivity index (χ0v) is 13.6. The Labute approximate surface area is 132 Å². The molecule has 0 spiro atoms. The summed E-state index contributed by atoms with van der Waals surface area (Å²) in [5, 5.41) is 8.84. The molecular weight excluding hydrogens is 283 g/mol. The van der Waals surface area contributed by atoms with Crippen molar-refractivity contribution in [2.24, 2.45) is 11.8 Å². The summed E-state index contributed by atoms with van der Waals surface area (Å²) in [6.07, 6.45) is 3.58. The van der Waals surface area contributed by atoms with Gasteiger partial charge in [-0.3, -0.25) is 10.2 Å². The minimum Gasteiger partial charge on any atom is -0.350 e. The Morgan fingerprint density at radius 2 is 2.09 bits per heavy atom. The minimum absolute atomic E-state index is 0.0790. The molecule has 0 saturated carbocycles. The van der Waals surface area contributed by atoms with Gasteiger partial charge in [-0.15, -0.1) is 0 Å². The standard InChI is InChI=1S/C16H29FN4O/c1-10-13(17)5-3-4-12-8-11(6-7-18-12)15-14(20-16(10)22)9-19-21(15)2/h10-15,18-19H,3-9H2,1-2H3,(H,20,22)/t10-,11?,12?,13?,14?,15?/m1/s1. The number of likely N-dealkylation sites (N-methyl/N-ethyl adjacent to an activating group) is 1. The van der Waals surface area contributed by atoms with Crippen LogP contribution < -0.4 is 16.1 Å². The van der Waals surface area contributed by atoms with Crippen LogP contribution in [-0.2, 0) is 4.79 Å². The lowest BCUT2D eigenvalue weighted by molar-refractivity contribution is -0.127. The van der Waals surface area contributed by atoms with Gasteiger partial charge in [0.05, 0.1) is 12.0 Å². The third-order valence-electron chi connectivity index (χ3n) is 5.75. The molecule has 0 radical (unpaired) electrons. The van der Waals surface area contributed by atoms with Gasteiger partial charge in [-0.05, 0) is 44.6 Å². The fraction of sp³-hybridized carbons (Fsp3) is 0.938. The van der Waals surface area contributed by atoms with Gasteiger partial charge in [0.1, 0.15) is 6.17 Å². The summed E-state index contributed by atoms with van der Waals surface area (Å²) >= 11 is 0. The molecule has 2 bridgehead atoms. The molecule has 6 heteroatoms. The number of amides is 1. The molecule has 22 heavy (non-hydrogen) atoms. The van der Waals surface area contributed by atoms with Gasteiger partial charge in [0.2, 0.25) is 5.91 Å². The quantitative estimate of drug-likeness (QED) is 0.620. The average Bonchev–Trinajstić information content (AvgIpc) is 2.86. The number of carbonyl (C=O) groups is 1. The van der Waals surface area contributed by atoms with Crippen LogP contribution >= 0.6 is 0 Å². The van der Waals surface area contributed by atoms with Crippen LogP contribution in [0.2, 0.25) is 0 Å². The van der Waals surface area contributed by atoms with Crippen LogP contribution in [0.15, 0.2) is 0 Å². The molecule has 3 aliphatic rings. The number of carbonyl (C=O) groups excluding carboxylic acids is 1. The maximum atomic E-state index is 14.3. The summed E-state index contributed by atoms with van der Waals surface area (Å²) in [5.41, 5.74) is 3.34. The van der Waals surface area contributed by atoms with Crippen molar-refractivity contribution in [3.05, 3.63) is 0 Å². The van der Waals surface area contributed by atoms with E-state index in [9.17, 15) is 9.18 Å². The first kappa shape index (κ1) is 16.1. The van der Waals surface area contributed by atoms with Crippen molar-refractivity contribution < 1.29 is 9.18 Å². The average molecular weight is 312 g/mol. The highest BCUT2D eigenvalue weighted by Crippen LogP contribution is 2.30. The highest BCUT2D eigenvalue weighted by molar-refractivity contribution is 5.79. The van der Waals surface area contributed by atoms with E-state index >= 15 is 0 Å². The van der Waals surface area contributed by atoms with Crippen molar-refractivity contribution in [3.8, 4) is 0 Å². The summed E-state index contributed by atoms with van der Waals surface area (Å²) < 4.78 is 14.3. The monoisotopic (exact) mass is 312 g/mol. The van der Waals surface area contributed by atoms with Gasteiger partial charge < -0.3 is 10.6 Å². The lowest BCUT2D eigenvalue weighted by atomic mass is 9.81. The predicted octanol–water partition coefficient (Wildman–Crippen LogP) is 0.816. The molecule has 3 saturated heterocycles. The van der Waals surface area contributed by atoms with E-state index in [1.54, 1.807) is 6.92 Å². The zero-order valence-electron chi connectivity index (χ0n) is 13.6. The van der Waals surface area contributed by atoms with E-state index in [2.05, 4.69) is 28.1 Å². The van der Waals surface area contributed by atoms with E-state index in [0.717, 1.165) is 38.8 Å². The Balaban J connectivity index is 1.79. The van der Waals surface area contributed by atoms with Crippen molar-refractivity contribution >= 4 is 5.91 Å².